The molecule has 0 aromatic rings. The third-order valence-electron chi connectivity index (χ3n) is 4.28. The lowest BCUT2D eigenvalue weighted by molar-refractivity contribution is -0.155. The van der Waals surface area contributed by atoms with Crippen LogP contribution in [0.3, 0.4) is 0 Å². The zero-order chi connectivity index (χ0) is 13.4. The first-order valence-corrected chi connectivity index (χ1v) is 7.11. The van der Waals surface area contributed by atoms with Crippen molar-refractivity contribution in [3.63, 3.8) is 0 Å². The van der Waals surface area contributed by atoms with E-state index in [0.717, 1.165) is 32.5 Å². The SMILES string of the molecule is CC1CC(CN)(N2CCOC(C)(C)C2)CC(C)O1. The number of nitrogens with zero attached hydrogens (tertiary/aromatic N) is 1. The Balaban J connectivity index is 2.15. The van der Waals surface area contributed by atoms with Crippen LogP contribution >= 0.6 is 0 Å². The minimum atomic E-state index is -0.0643. The van der Waals surface area contributed by atoms with Crippen LogP contribution in [0.1, 0.15) is 40.5 Å². The molecule has 2 aliphatic heterocycles. The number of morpholine rings is 1. The largest absolute Gasteiger partial charge is 0.375 e. The molecule has 0 bridgehead atoms. The maximum Gasteiger partial charge on any atom is 0.0753 e. The van der Waals surface area contributed by atoms with Crippen molar-refractivity contribution in [2.45, 2.75) is 63.9 Å². The molecule has 2 aliphatic rings. The summed E-state index contributed by atoms with van der Waals surface area (Å²) in [5.41, 5.74) is 6.18. The Morgan fingerprint density at radius 3 is 2.33 bits per heavy atom. The third kappa shape index (κ3) is 2.87. The van der Waals surface area contributed by atoms with Crippen molar-refractivity contribution in [1.29, 1.82) is 0 Å². The zero-order valence-electron chi connectivity index (χ0n) is 12.2. The maximum atomic E-state index is 6.14. The standard InChI is InChI=1S/C14H28N2O2/c1-11-7-14(9-15,8-12(2)18-11)16-5-6-17-13(3,4)10-16/h11-12H,5-10,15H2,1-4H3. The fraction of sp³-hybridized carbons (Fsp3) is 1.00. The lowest BCUT2D eigenvalue weighted by Crippen LogP contribution is -2.65. The fourth-order valence-corrected chi connectivity index (χ4v) is 3.62. The van der Waals surface area contributed by atoms with Crippen molar-refractivity contribution in [3.8, 4) is 0 Å². The maximum absolute atomic E-state index is 6.14. The molecular weight excluding hydrogens is 228 g/mol. The Morgan fingerprint density at radius 2 is 1.83 bits per heavy atom. The van der Waals surface area contributed by atoms with Crippen LogP contribution in [-0.2, 0) is 9.47 Å². The first-order chi connectivity index (χ1) is 8.37. The second kappa shape index (κ2) is 5.08. The monoisotopic (exact) mass is 256 g/mol. The van der Waals surface area contributed by atoms with Gasteiger partial charge < -0.3 is 15.2 Å². The molecule has 0 aromatic heterocycles. The number of hydrogen-bond acceptors (Lipinski definition) is 4. The van der Waals surface area contributed by atoms with Crippen LogP contribution in [0, 0.1) is 0 Å². The van der Waals surface area contributed by atoms with E-state index in [-0.39, 0.29) is 11.1 Å². The van der Waals surface area contributed by atoms with Crippen molar-refractivity contribution in [2.75, 3.05) is 26.2 Å². The summed E-state index contributed by atoms with van der Waals surface area (Å²) in [6.45, 7) is 12.1. The zero-order valence-corrected chi connectivity index (χ0v) is 12.2. The summed E-state index contributed by atoms with van der Waals surface area (Å²) >= 11 is 0. The van der Waals surface area contributed by atoms with E-state index in [9.17, 15) is 0 Å². The van der Waals surface area contributed by atoms with Gasteiger partial charge >= 0.3 is 0 Å². The minimum absolute atomic E-state index is 0.0643. The van der Waals surface area contributed by atoms with E-state index in [0.29, 0.717) is 18.8 Å². The molecule has 0 spiro atoms. The molecule has 4 heteroatoms. The highest BCUT2D eigenvalue weighted by Crippen LogP contribution is 2.35. The van der Waals surface area contributed by atoms with Crippen LogP contribution in [0.2, 0.25) is 0 Å². The third-order valence-corrected chi connectivity index (χ3v) is 4.28. The molecule has 2 heterocycles. The molecule has 0 aliphatic carbocycles. The molecule has 2 unspecified atom stereocenters. The van der Waals surface area contributed by atoms with Gasteiger partial charge in [0, 0.05) is 25.2 Å². The van der Waals surface area contributed by atoms with Gasteiger partial charge in [0.25, 0.3) is 0 Å². The Bertz CT molecular complexity index is 284. The summed E-state index contributed by atoms with van der Waals surface area (Å²) < 4.78 is 11.7. The normalized spacial score (nSPS) is 41.8. The molecule has 2 fully saturated rings. The Labute approximate surface area is 111 Å². The molecule has 2 atom stereocenters. The predicted octanol–water partition coefficient (Wildman–Crippen LogP) is 1.38. The highest BCUT2D eigenvalue weighted by molar-refractivity contribution is 5.00. The van der Waals surface area contributed by atoms with Crippen LogP contribution in [0.4, 0.5) is 0 Å². The number of hydrogen-bond donors (Lipinski definition) is 1. The quantitative estimate of drug-likeness (QED) is 0.811. The second-order valence-corrected chi connectivity index (χ2v) is 6.62. The summed E-state index contributed by atoms with van der Waals surface area (Å²) in [5.74, 6) is 0. The molecule has 4 nitrogen and oxygen atoms in total. The Kier molecular flexibility index (Phi) is 4.02. The molecule has 0 aromatic carbocycles. The summed E-state index contributed by atoms with van der Waals surface area (Å²) in [6, 6.07) is 0. The Morgan fingerprint density at radius 1 is 1.22 bits per heavy atom. The number of nitrogens with two attached hydrogens (primary N) is 1. The van der Waals surface area contributed by atoms with Gasteiger partial charge in [-0.2, -0.15) is 0 Å². The van der Waals surface area contributed by atoms with Gasteiger partial charge in [0.15, 0.2) is 0 Å². The molecule has 0 radical (unpaired) electrons. The first-order valence-electron chi connectivity index (χ1n) is 7.11. The minimum Gasteiger partial charge on any atom is -0.375 e. The van der Waals surface area contributed by atoms with Gasteiger partial charge in [-0.1, -0.05) is 0 Å². The van der Waals surface area contributed by atoms with E-state index < -0.39 is 0 Å². The molecule has 2 rings (SSSR count). The van der Waals surface area contributed by atoms with Crippen LogP contribution in [0.5, 0.6) is 0 Å². The summed E-state index contributed by atoms with van der Waals surface area (Å²) in [5, 5.41) is 0. The van der Waals surface area contributed by atoms with E-state index >= 15 is 0 Å². The van der Waals surface area contributed by atoms with E-state index in [1.54, 1.807) is 0 Å². The highest BCUT2D eigenvalue weighted by atomic mass is 16.5. The van der Waals surface area contributed by atoms with Crippen molar-refractivity contribution < 1.29 is 9.47 Å². The molecule has 0 amide bonds. The smallest absolute Gasteiger partial charge is 0.0753 e. The highest BCUT2D eigenvalue weighted by Gasteiger charge is 2.45. The van der Waals surface area contributed by atoms with Crippen molar-refractivity contribution in [1.82, 2.24) is 4.90 Å². The van der Waals surface area contributed by atoms with Crippen molar-refractivity contribution in [3.05, 3.63) is 0 Å². The van der Waals surface area contributed by atoms with E-state index in [1.807, 2.05) is 0 Å². The van der Waals surface area contributed by atoms with Crippen LogP contribution < -0.4 is 5.73 Å². The van der Waals surface area contributed by atoms with Gasteiger partial charge in [0.05, 0.1) is 24.4 Å². The van der Waals surface area contributed by atoms with E-state index in [4.69, 9.17) is 15.2 Å². The van der Waals surface area contributed by atoms with Crippen LogP contribution in [0.15, 0.2) is 0 Å². The number of rotatable bonds is 2. The molecule has 106 valence electrons. The summed E-state index contributed by atoms with van der Waals surface area (Å²) in [6.07, 6.45) is 2.65. The van der Waals surface area contributed by atoms with Crippen LogP contribution in [0.25, 0.3) is 0 Å². The van der Waals surface area contributed by atoms with Gasteiger partial charge in [0.1, 0.15) is 0 Å². The van der Waals surface area contributed by atoms with Gasteiger partial charge in [-0.25, -0.2) is 0 Å². The van der Waals surface area contributed by atoms with E-state index in [2.05, 4.69) is 32.6 Å². The predicted molar refractivity (Wildman–Crippen MR) is 72.6 cm³/mol. The van der Waals surface area contributed by atoms with Gasteiger partial charge in [-0.3, -0.25) is 4.90 Å². The Hall–Kier alpha value is -0.160. The van der Waals surface area contributed by atoms with Gasteiger partial charge in [0.2, 0.25) is 0 Å². The average Bonchev–Trinajstić information content (AvgIpc) is 2.26. The van der Waals surface area contributed by atoms with Crippen molar-refractivity contribution >= 4 is 0 Å². The average molecular weight is 256 g/mol. The second-order valence-electron chi connectivity index (χ2n) is 6.62. The summed E-state index contributed by atoms with van der Waals surface area (Å²) in [4.78, 5) is 2.55. The molecular formula is C14H28N2O2. The first kappa shape index (κ1) is 14.3. The lowest BCUT2D eigenvalue weighted by atomic mass is 9.81. The fourth-order valence-electron chi connectivity index (χ4n) is 3.62. The van der Waals surface area contributed by atoms with Crippen molar-refractivity contribution in [2.24, 2.45) is 5.73 Å². The lowest BCUT2D eigenvalue weighted by Gasteiger charge is -2.53. The van der Waals surface area contributed by atoms with E-state index in [1.165, 1.54) is 0 Å². The topological polar surface area (TPSA) is 47.7 Å². The van der Waals surface area contributed by atoms with Gasteiger partial charge in [-0.15, -0.1) is 0 Å². The molecule has 18 heavy (non-hydrogen) atoms. The van der Waals surface area contributed by atoms with Gasteiger partial charge in [-0.05, 0) is 40.5 Å². The summed E-state index contributed by atoms with van der Waals surface area (Å²) in [7, 11) is 0. The number of ether oxygens (including phenoxy) is 2. The van der Waals surface area contributed by atoms with Crippen LogP contribution in [-0.4, -0.2) is 54.5 Å². The molecule has 2 saturated heterocycles. The molecule has 0 saturated carbocycles. The molecule has 2 N–H and O–H groups in total.